The van der Waals surface area contributed by atoms with Gasteiger partial charge in [0.05, 0.1) is 24.3 Å². The first-order valence-corrected chi connectivity index (χ1v) is 18.6. The van der Waals surface area contributed by atoms with E-state index in [0.717, 1.165) is 38.5 Å². The molecule has 0 amide bonds. The van der Waals surface area contributed by atoms with E-state index in [1.165, 1.54) is 6.07 Å². The first-order valence-electron chi connectivity index (χ1n) is 18.6. The minimum atomic E-state index is -4.09. The molecule has 14 heteroatoms. The highest BCUT2D eigenvalue weighted by atomic mass is 19.4. The van der Waals surface area contributed by atoms with Crippen LogP contribution in [0.25, 0.3) is 0 Å². The first kappa shape index (κ1) is 45.1. The lowest BCUT2D eigenvalue weighted by molar-refractivity contribution is -0.136. The van der Waals surface area contributed by atoms with Gasteiger partial charge in [-0.3, -0.25) is 0 Å². The van der Waals surface area contributed by atoms with Crippen molar-refractivity contribution in [3.05, 3.63) is 83.4 Å². The molecule has 0 atom stereocenters. The quantitative estimate of drug-likeness (QED) is 0.0344. The van der Waals surface area contributed by atoms with Crippen LogP contribution in [0.5, 0.6) is 23.0 Å². The number of aryl methyl sites for hydroxylation is 1. The molecule has 0 saturated carbocycles. The van der Waals surface area contributed by atoms with Crippen LogP contribution in [-0.4, -0.2) is 63.9 Å². The van der Waals surface area contributed by atoms with Gasteiger partial charge in [-0.05, 0) is 105 Å². The van der Waals surface area contributed by atoms with Gasteiger partial charge in [0.1, 0.15) is 36.2 Å². The van der Waals surface area contributed by atoms with Crippen LogP contribution in [0.2, 0.25) is 0 Å². The number of rotatable bonds is 26. The maximum absolute atomic E-state index is 12.8. The Morgan fingerprint density at radius 1 is 0.473 bits per heavy atom. The molecule has 304 valence electrons. The number of alkyl halides is 6. The van der Waals surface area contributed by atoms with Crippen LogP contribution in [0.3, 0.4) is 0 Å². The lowest BCUT2D eigenvalue weighted by atomic mass is 10.1. The lowest BCUT2D eigenvalue weighted by Gasteiger charge is -2.11. The smallest absolute Gasteiger partial charge is 0.389 e. The van der Waals surface area contributed by atoms with Gasteiger partial charge in [0.2, 0.25) is 0 Å². The summed E-state index contributed by atoms with van der Waals surface area (Å²) in [5.74, 6) is 0.503. The molecular formula is C41H50F6O8. The van der Waals surface area contributed by atoms with Crippen LogP contribution in [0.15, 0.2) is 66.7 Å². The van der Waals surface area contributed by atoms with E-state index in [0.29, 0.717) is 86.4 Å². The number of carbonyl (C=O) groups excluding carboxylic acids is 2. The zero-order valence-electron chi connectivity index (χ0n) is 31.1. The second kappa shape index (κ2) is 24.3. The number of unbranched alkanes of at least 4 members (excludes halogenated alkanes) is 8. The summed E-state index contributed by atoms with van der Waals surface area (Å²) in [6.45, 7) is 4.05. The molecule has 55 heavy (non-hydrogen) atoms. The lowest BCUT2D eigenvalue weighted by Crippen LogP contribution is -2.11. The Kier molecular flexibility index (Phi) is 19.9. The average Bonchev–Trinajstić information content (AvgIpc) is 3.13. The van der Waals surface area contributed by atoms with Crippen LogP contribution in [0.4, 0.5) is 26.3 Å². The second-order valence-corrected chi connectivity index (χ2v) is 12.9. The van der Waals surface area contributed by atoms with Crippen molar-refractivity contribution in [2.45, 2.75) is 96.3 Å². The predicted molar refractivity (Wildman–Crippen MR) is 194 cm³/mol. The molecule has 0 aliphatic carbocycles. The molecule has 0 saturated heterocycles. The minimum absolute atomic E-state index is 0.159. The Hall–Kier alpha value is -4.30. The Labute approximate surface area is 318 Å². The highest BCUT2D eigenvalue weighted by molar-refractivity contribution is 5.92. The third-order valence-corrected chi connectivity index (χ3v) is 8.23. The minimum Gasteiger partial charge on any atom is -0.491 e. The number of ether oxygens (including phenoxy) is 6. The molecule has 0 aromatic heterocycles. The molecule has 0 aliphatic heterocycles. The number of esters is 2. The van der Waals surface area contributed by atoms with Crippen molar-refractivity contribution < 1.29 is 64.4 Å². The van der Waals surface area contributed by atoms with Gasteiger partial charge in [-0.1, -0.05) is 38.5 Å². The number of carbonyl (C=O) groups is 2. The van der Waals surface area contributed by atoms with E-state index >= 15 is 0 Å². The molecule has 0 heterocycles. The number of hydrogen-bond donors (Lipinski definition) is 0. The fourth-order valence-electron chi connectivity index (χ4n) is 5.26. The zero-order valence-corrected chi connectivity index (χ0v) is 31.1. The van der Waals surface area contributed by atoms with Gasteiger partial charge in [0.15, 0.2) is 0 Å². The summed E-state index contributed by atoms with van der Waals surface area (Å²) in [6, 6.07) is 17.5. The van der Waals surface area contributed by atoms with Gasteiger partial charge < -0.3 is 28.4 Å². The van der Waals surface area contributed by atoms with Gasteiger partial charge in [-0.25, -0.2) is 9.59 Å². The number of benzene rings is 3. The zero-order chi connectivity index (χ0) is 39.9. The molecule has 3 aromatic rings. The van der Waals surface area contributed by atoms with Crippen molar-refractivity contribution in [1.82, 2.24) is 0 Å². The van der Waals surface area contributed by atoms with Crippen molar-refractivity contribution in [2.75, 3.05) is 39.6 Å². The van der Waals surface area contributed by atoms with Crippen molar-refractivity contribution in [3.63, 3.8) is 0 Å². The maximum Gasteiger partial charge on any atom is 0.389 e. The summed E-state index contributed by atoms with van der Waals surface area (Å²) in [5, 5.41) is 0. The summed E-state index contributed by atoms with van der Waals surface area (Å²) in [6.07, 6.45) is -3.54. The van der Waals surface area contributed by atoms with Crippen LogP contribution in [0, 0.1) is 6.92 Å². The second-order valence-electron chi connectivity index (χ2n) is 12.9. The van der Waals surface area contributed by atoms with Crippen LogP contribution in [-0.2, 0) is 9.47 Å². The molecule has 0 bridgehead atoms. The van der Waals surface area contributed by atoms with Crippen LogP contribution in [0.1, 0.15) is 103 Å². The van der Waals surface area contributed by atoms with Crippen molar-refractivity contribution >= 4 is 11.9 Å². The van der Waals surface area contributed by atoms with E-state index in [2.05, 4.69) is 0 Å². The molecule has 0 fully saturated rings. The molecular weight excluding hydrogens is 734 g/mol. The Balaban J connectivity index is 1.28. The number of hydrogen-bond acceptors (Lipinski definition) is 8. The van der Waals surface area contributed by atoms with E-state index in [1.54, 1.807) is 67.6 Å². The van der Waals surface area contributed by atoms with Crippen molar-refractivity contribution in [1.29, 1.82) is 0 Å². The van der Waals surface area contributed by atoms with Gasteiger partial charge in [-0.2, -0.15) is 26.3 Å². The molecule has 0 radical (unpaired) electrons. The molecule has 0 unspecified atom stereocenters. The summed E-state index contributed by atoms with van der Waals surface area (Å²) in [5.41, 5.74) is 1.19. The average molecular weight is 785 g/mol. The molecule has 3 rings (SSSR count). The van der Waals surface area contributed by atoms with Gasteiger partial charge in [0.25, 0.3) is 0 Å². The van der Waals surface area contributed by atoms with E-state index in [-0.39, 0.29) is 18.6 Å². The Bertz CT molecular complexity index is 1540. The molecule has 8 nitrogen and oxygen atoms in total. The van der Waals surface area contributed by atoms with E-state index in [4.69, 9.17) is 28.4 Å². The monoisotopic (exact) mass is 784 g/mol. The fourth-order valence-corrected chi connectivity index (χ4v) is 5.26. The van der Waals surface area contributed by atoms with E-state index in [9.17, 15) is 35.9 Å². The molecule has 3 aromatic carbocycles. The SMILES string of the molecule is Cc1cc(OC(=O)c2ccc(OCCOCCCCCCCC(F)(F)F)cc2)ccc1OC(=O)c1ccc(OCCOCCCCCCCC(F)(F)F)cc1. The third-order valence-electron chi connectivity index (χ3n) is 8.23. The summed E-state index contributed by atoms with van der Waals surface area (Å²) >= 11 is 0. The third kappa shape index (κ3) is 20.3. The van der Waals surface area contributed by atoms with Gasteiger partial charge in [0, 0.05) is 26.1 Å². The highest BCUT2D eigenvalue weighted by Gasteiger charge is 2.26. The maximum atomic E-state index is 12.8. The normalized spacial score (nSPS) is 11.7. The summed E-state index contributed by atoms with van der Waals surface area (Å²) in [4.78, 5) is 25.5. The first-order chi connectivity index (χ1) is 26.3. The summed E-state index contributed by atoms with van der Waals surface area (Å²) in [7, 11) is 0. The summed E-state index contributed by atoms with van der Waals surface area (Å²) < 4.78 is 106. The fraction of sp³-hybridized carbons (Fsp3) is 0.512. The number of halogens is 6. The van der Waals surface area contributed by atoms with E-state index in [1.807, 2.05) is 0 Å². The van der Waals surface area contributed by atoms with E-state index < -0.39 is 37.1 Å². The molecule has 0 spiro atoms. The standard InChI is InChI=1S/C41H50F6O8/c1-31-30-36(54-38(48)32-12-16-34(17-13-32)52-28-26-50-24-10-6-2-4-8-22-40(42,43)44)20-21-37(31)55-39(49)33-14-18-35(19-15-33)53-29-27-51-25-11-7-3-5-9-23-41(45,46)47/h12-21,30H,2-11,22-29H2,1H3. The van der Waals surface area contributed by atoms with Crippen LogP contribution >= 0.6 is 0 Å². The van der Waals surface area contributed by atoms with Gasteiger partial charge in [-0.15, -0.1) is 0 Å². The Morgan fingerprint density at radius 3 is 1.31 bits per heavy atom. The van der Waals surface area contributed by atoms with Crippen molar-refractivity contribution in [2.24, 2.45) is 0 Å². The molecule has 0 N–H and O–H groups in total. The highest BCUT2D eigenvalue weighted by Crippen LogP contribution is 2.27. The molecule has 0 aliphatic rings. The Morgan fingerprint density at radius 2 is 0.873 bits per heavy atom. The van der Waals surface area contributed by atoms with Crippen LogP contribution < -0.4 is 18.9 Å². The topological polar surface area (TPSA) is 89.5 Å². The largest absolute Gasteiger partial charge is 0.491 e. The van der Waals surface area contributed by atoms with Gasteiger partial charge >= 0.3 is 24.3 Å². The van der Waals surface area contributed by atoms with Crippen molar-refractivity contribution in [3.8, 4) is 23.0 Å². The predicted octanol–water partition coefficient (Wildman–Crippen LogP) is 11.0.